The molecule has 1 unspecified atom stereocenters. The molecule has 0 aliphatic carbocycles. The Morgan fingerprint density at radius 3 is 2.51 bits per heavy atom. The number of ether oxygens (including phenoxy) is 2. The van der Waals surface area contributed by atoms with Crippen LogP contribution in [0.1, 0.15) is 64.5 Å². The maximum absolute atomic E-state index is 14.7. The molecule has 11 heteroatoms. The Morgan fingerprint density at radius 1 is 1.09 bits per heavy atom. The highest BCUT2D eigenvalue weighted by atomic mass is 79.9. The van der Waals surface area contributed by atoms with Crippen LogP contribution in [0.4, 0.5) is 0 Å². The summed E-state index contributed by atoms with van der Waals surface area (Å²) in [4.78, 5) is 61.4. The number of fused-ring (bicyclic) bond motifs is 2. The van der Waals surface area contributed by atoms with Crippen molar-refractivity contribution in [3.8, 4) is 0 Å². The predicted octanol–water partition coefficient (Wildman–Crippen LogP) is 3.74. The van der Waals surface area contributed by atoms with Gasteiger partial charge in [-0.05, 0) is 44.7 Å². The number of cyclic esters (lactones) is 1. The van der Waals surface area contributed by atoms with E-state index in [0.29, 0.717) is 17.4 Å². The molecule has 8 atom stereocenters. The van der Waals surface area contributed by atoms with Crippen molar-refractivity contribution >= 4 is 39.6 Å². The van der Waals surface area contributed by atoms with Gasteiger partial charge in [-0.1, -0.05) is 71.8 Å². The summed E-state index contributed by atoms with van der Waals surface area (Å²) in [6.45, 7) is 6.19. The Kier molecular flexibility index (Phi) is 10.2. The van der Waals surface area contributed by atoms with Crippen molar-refractivity contribution in [1.82, 2.24) is 14.7 Å². The smallest absolute Gasteiger partial charge is 0.313 e. The third kappa shape index (κ3) is 5.99. The molecule has 1 spiro atoms. The van der Waals surface area contributed by atoms with Crippen molar-refractivity contribution in [2.75, 3.05) is 26.7 Å². The average Bonchev–Trinajstić information content (AvgIpc) is 3.62. The Morgan fingerprint density at radius 2 is 1.82 bits per heavy atom. The zero-order chi connectivity index (χ0) is 32.5. The van der Waals surface area contributed by atoms with Crippen LogP contribution >= 0.6 is 15.9 Å². The summed E-state index contributed by atoms with van der Waals surface area (Å²) in [5.41, 5.74) is -0.653. The van der Waals surface area contributed by atoms with Crippen LogP contribution in [-0.2, 0) is 28.7 Å². The summed E-state index contributed by atoms with van der Waals surface area (Å²) in [7, 11) is 1.71. The fourth-order valence-electron chi connectivity index (χ4n) is 7.38. The molecule has 10 nitrogen and oxygen atoms in total. The van der Waals surface area contributed by atoms with E-state index in [1.807, 2.05) is 56.3 Å². The van der Waals surface area contributed by atoms with E-state index >= 15 is 0 Å². The number of nitrogens with zero attached hydrogens (tertiary/aromatic N) is 3. The van der Waals surface area contributed by atoms with Crippen molar-refractivity contribution in [1.29, 1.82) is 0 Å². The molecule has 244 valence electrons. The van der Waals surface area contributed by atoms with E-state index in [4.69, 9.17) is 9.47 Å². The number of allylic oxidation sites excluding steroid dienone is 1. The standard InChI is InChI=1S/C34H44BrN3O7/c1-5-13-21(2)37-17-11-7-10-16-25(40)36(4)22(3)28(23-14-8-6-9-15-23)44-33(43)26-27-31(41)38(18-12-19-39)30(32(37)42)34(27)20-24(35)29(26)45-34/h6-9,11,14-15,20-22,26-30,39H,5,10,12-13,16-19H2,1-4H3/b11-7-/t21?,22-,26+,27-,28+,29+,30+,34-/m0/s1. The van der Waals surface area contributed by atoms with E-state index in [2.05, 4.69) is 22.9 Å². The van der Waals surface area contributed by atoms with Gasteiger partial charge in [-0.25, -0.2) is 0 Å². The number of halogens is 1. The van der Waals surface area contributed by atoms with E-state index in [-0.39, 0.29) is 49.8 Å². The van der Waals surface area contributed by atoms with Crippen LogP contribution in [0, 0.1) is 11.8 Å². The van der Waals surface area contributed by atoms with Gasteiger partial charge in [-0.2, -0.15) is 0 Å². The van der Waals surface area contributed by atoms with Gasteiger partial charge in [0.05, 0.1) is 12.0 Å². The highest BCUT2D eigenvalue weighted by Crippen LogP contribution is 2.59. The van der Waals surface area contributed by atoms with Crippen LogP contribution in [0.25, 0.3) is 0 Å². The first-order chi connectivity index (χ1) is 21.6. The lowest BCUT2D eigenvalue weighted by molar-refractivity contribution is -0.164. The molecule has 2 saturated heterocycles. The first-order valence-corrected chi connectivity index (χ1v) is 16.8. The van der Waals surface area contributed by atoms with Crippen LogP contribution in [-0.4, -0.2) is 100 Å². The van der Waals surface area contributed by atoms with Gasteiger partial charge >= 0.3 is 5.97 Å². The van der Waals surface area contributed by atoms with Crippen LogP contribution in [0.2, 0.25) is 0 Å². The monoisotopic (exact) mass is 685 g/mol. The van der Waals surface area contributed by atoms with E-state index in [0.717, 1.165) is 18.4 Å². The van der Waals surface area contributed by atoms with Gasteiger partial charge in [0.2, 0.25) is 17.7 Å². The number of likely N-dealkylation sites (tertiary alicyclic amines) is 1. The lowest BCUT2D eigenvalue weighted by Crippen LogP contribution is -2.57. The average molecular weight is 687 g/mol. The molecule has 0 saturated carbocycles. The van der Waals surface area contributed by atoms with Gasteiger partial charge in [-0.15, -0.1) is 0 Å². The Bertz CT molecular complexity index is 1350. The first-order valence-electron chi connectivity index (χ1n) is 16.0. The lowest BCUT2D eigenvalue weighted by atomic mass is 9.74. The van der Waals surface area contributed by atoms with Crippen molar-refractivity contribution in [3.05, 3.63) is 58.6 Å². The van der Waals surface area contributed by atoms with Gasteiger partial charge in [-0.3, -0.25) is 19.2 Å². The minimum absolute atomic E-state index is 0.0950. The Labute approximate surface area is 273 Å². The van der Waals surface area contributed by atoms with Gasteiger partial charge in [0.15, 0.2) is 0 Å². The number of amides is 3. The molecule has 5 rings (SSSR count). The highest BCUT2D eigenvalue weighted by Gasteiger charge is 2.75. The molecule has 45 heavy (non-hydrogen) atoms. The molecule has 0 radical (unpaired) electrons. The molecule has 1 aromatic rings. The summed E-state index contributed by atoms with van der Waals surface area (Å²) >= 11 is 3.60. The Balaban J connectivity index is 1.62. The fourth-order valence-corrected chi connectivity index (χ4v) is 8.11. The molecule has 5 bridgehead atoms. The minimum atomic E-state index is -1.38. The third-order valence-electron chi connectivity index (χ3n) is 9.82. The number of likely N-dealkylation sites (N-methyl/N-ethyl adjacent to an activating group) is 1. The van der Waals surface area contributed by atoms with Gasteiger partial charge < -0.3 is 29.3 Å². The number of hydrogen-bond acceptors (Lipinski definition) is 7. The first kappa shape index (κ1) is 33.3. The predicted molar refractivity (Wildman–Crippen MR) is 171 cm³/mol. The molecule has 2 fully saturated rings. The third-order valence-corrected chi connectivity index (χ3v) is 10.5. The van der Waals surface area contributed by atoms with Crippen LogP contribution in [0.15, 0.2) is 53.0 Å². The van der Waals surface area contributed by atoms with E-state index in [9.17, 15) is 24.3 Å². The zero-order valence-corrected chi connectivity index (χ0v) is 28.0. The zero-order valence-electron chi connectivity index (χ0n) is 26.4. The maximum Gasteiger partial charge on any atom is 0.313 e. The van der Waals surface area contributed by atoms with Gasteiger partial charge in [0.25, 0.3) is 0 Å². The van der Waals surface area contributed by atoms with Crippen LogP contribution in [0.5, 0.6) is 0 Å². The second-order valence-electron chi connectivity index (χ2n) is 12.6. The molecule has 4 aliphatic rings. The number of carbonyl (C=O) groups excluding carboxylic acids is 4. The Hall–Kier alpha value is -3.02. The second-order valence-corrected chi connectivity index (χ2v) is 13.5. The summed E-state index contributed by atoms with van der Waals surface area (Å²) in [5.74, 6) is -3.34. The summed E-state index contributed by atoms with van der Waals surface area (Å²) < 4.78 is 13.5. The maximum atomic E-state index is 14.7. The minimum Gasteiger partial charge on any atom is -0.455 e. The van der Waals surface area contributed by atoms with E-state index < -0.39 is 47.7 Å². The highest BCUT2D eigenvalue weighted by molar-refractivity contribution is 9.11. The van der Waals surface area contributed by atoms with Gasteiger partial charge in [0.1, 0.15) is 29.8 Å². The van der Waals surface area contributed by atoms with Crippen molar-refractivity contribution in [2.45, 2.75) is 88.8 Å². The summed E-state index contributed by atoms with van der Waals surface area (Å²) in [6.07, 6.45) is 6.65. The molecular formula is C34H44BrN3O7. The number of carbonyl (C=O) groups is 4. The quantitative estimate of drug-likeness (QED) is 0.343. The summed E-state index contributed by atoms with van der Waals surface area (Å²) in [6, 6.07) is 7.61. The molecule has 1 N–H and O–H groups in total. The van der Waals surface area contributed by atoms with E-state index in [1.165, 1.54) is 4.90 Å². The SMILES string of the molecule is CCCC(C)N1C/C=C\CCC(=O)N(C)[C@@H](C)[C@H](c2ccccc2)OC(=O)[C@H]2[C@@H]3O[C@@]4(C=C3Br)[C@@H]2C(=O)N(CCCO)[C@@H]4C1=O. The number of aliphatic hydroxyl groups is 1. The molecule has 4 heterocycles. The number of benzene rings is 1. The number of hydrogen-bond donors (Lipinski definition) is 1. The van der Waals surface area contributed by atoms with Gasteiger partial charge in [0, 0.05) is 43.7 Å². The molecule has 3 amide bonds. The normalized spacial score (nSPS) is 33.7. The van der Waals surface area contributed by atoms with Crippen molar-refractivity contribution in [2.24, 2.45) is 11.8 Å². The second kappa shape index (κ2) is 13.8. The fraction of sp³-hybridized carbons (Fsp3) is 0.588. The van der Waals surface area contributed by atoms with Crippen molar-refractivity contribution < 1.29 is 33.8 Å². The van der Waals surface area contributed by atoms with Crippen molar-refractivity contribution in [3.63, 3.8) is 0 Å². The summed E-state index contributed by atoms with van der Waals surface area (Å²) in [5, 5.41) is 9.70. The topological polar surface area (TPSA) is 117 Å². The number of aliphatic hydroxyl groups excluding tert-OH is 1. The van der Waals surface area contributed by atoms with Crippen LogP contribution < -0.4 is 0 Å². The molecule has 0 aromatic heterocycles. The van der Waals surface area contributed by atoms with E-state index in [1.54, 1.807) is 22.9 Å². The lowest BCUT2D eigenvalue weighted by Gasteiger charge is -2.38. The molecular weight excluding hydrogens is 642 g/mol. The molecule has 4 aliphatic heterocycles. The molecule has 1 aromatic carbocycles. The van der Waals surface area contributed by atoms with Crippen LogP contribution in [0.3, 0.4) is 0 Å². The largest absolute Gasteiger partial charge is 0.455 e. The number of rotatable bonds is 7. The number of esters is 1.